The van der Waals surface area contributed by atoms with E-state index in [1.165, 1.54) is 6.07 Å². The minimum absolute atomic E-state index is 0.0396. The van der Waals surface area contributed by atoms with Crippen LogP contribution in [0.2, 0.25) is 0 Å². The summed E-state index contributed by atoms with van der Waals surface area (Å²) < 4.78 is 13.0. The van der Waals surface area contributed by atoms with E-state index in [9.17, 15) is 9.59 Å². The predicted octanol–water partition coefficient (Wildman–Crippen LogP) is 3.97. The number of benzene rings is 2. The molecule has 0 radical (unpaired) electrons. The van der Waals surface area contributed by atoms with Crippen molar-refractivity contribution in [2.75, 3.05) is 13.7 Å². The Labute approximate surface area is 198 Å². The van der Waals surface area contributed by atoms with Crippen molar-refractivity contribution in [2.24, 2.45) is 0 Å². The molecule has 0 spiro atoms. The summed E-state index contributed by atoms with van der Waals surface area (Å²) in [5, 5.41) is 4.08. The van der Waals surface area contributed by atoms with Crippen LogP contribution < -0.4 is 20.2 Å². The number of nitrogens with one attached hydrogen (secondary N) is 2. The van der Waals surface area contributed by atoms with E-state index < -0.39 is 0 Å². The molecule has 0 atom stereocenters. The molecule has 0 aliphatic heterocycles. The molecule has 0 bridgehead atoms. The van der Waals surface area contributed by atoms with Crippen LogP contribution in [-0.4, -0.2) is 29.1 Å². The quantitative estimate of drug-likeness (QED) is 0.376. The van der Waals surface area contributed by atoms with Gasteiger partial charge in [0.25, 0.3) is 0 Å². The number of nitrogens with zero attached hydrogens (tertiary/aromatic N) is 1. The Bertz CT molecular complexity index is 1320. The number of hydrogen-bond donors (Lipinski definition) is 2. The van der Waals surface area contributed by atoms with Gasteiger partial charge in [0.15, 0.2) is 5.75 Å². The molecule has 1 amide bonds. The second-order valence-electron chi connectivity index (χ2n) is 8.14. The van der Waals surface area contributed by atoms with Gasteiger partial charge in [0.1, 0.15) is 12.4 Å². The maximum Gasteiger partial charge on any atom is 0.223 e. The van der Waals surface area contributed by atoms with Gasteiger partial charge in [-0.2, -0.15) is 0 Å². The van der Waals surface area contributed by atoms with Gasteiger partial charge in [-0.25, -0.2) is 0 Å². The highest BCUT2D eigenvalue weighted by Gasteiger charge is 2.11. The minimum atomic E-state index is -0.163. The van der Waals surface area contributed by atoms with Crippen molar-refractivity contribution in [1.82, 2.24) is 14.9 Å². The highest BCUT2D eigenvalue weighted by Crippen LogP contribution is 2.23. The van der Waals surface area contributed by atoms with Crippen molar-refractivity contribution in [3.63, 3.8) is 0 Å². The molecule has 2 N–H and O–H groups in total. The van der Waals surface area contributed by atoms with Crippen LogP contribution in [0.4, 0.5) is 0 Å². The Hall–Kier alpha value is -4.00. The summed E-state index contributed by atoms with van der Waals surface area (Å²) in [6, 6.07) is 17.1. The Balaban J connectivity index is 1.30. The first-order chi connectivity index (χ1) is 16.5. The number of H-pyrrole nitrogens is 1. The monoisotopic (exact) mass is 459 g/mol. The van der Waals surface area contributed by atoms with E-state index in [1.807, 2.05) is 66.2 Å². The van der Waals surface area contributed by atoms with Crippen LogP contribution in [0.1, 0.15) is 23.2 Å². The molecule has 0 saturated heterocycles. The molecule has 2 aromatic heterocycles. The number of hydrogen-bond acceptors (Lipinski definition) is 4. The smallest absolute Gasteiger partial charge is 0.223 e. The predicted molar refractivity (Wildman–Crippen MR) is 132 cm³/mol. The summed E-state index contributed by atoms with van der Waals surface area (Å²) >= 11 is 0. The van der Waals surface area contributed by atoms with Crippen molar-refractivity contribution >= 4 is 16.8 Å². The zero-order valence-corrected chi connectivity index (χ0v) is 19.5. The van der Waals surface area contributed by atoms with Crippen molar-refractivity contribution in [3.05, 3.63) is 94.0 Å². The van der Waals surface area contributed by atoms with Crippen LogP contribution in [0.15, 0.2) is 71.8 Å². The van der Waals surface area contributed by atoms with Gasteiger partial charge in [0, 0.05) is 48.9 Å². The lowest BCUT2D eigenvalue weighted by atomic mass is 10.1. The second-order valence-corrected chi connectivity index (χ2v) is 8.14. The maximum absolute atomic E-state index is 12.4. The summed E-state index contributed by atoms with van der Waals surface area (Å²) in [6.07, 6.45) is 4.70. The summed E-state index contributed by atoms with van der Waals surface area (Å²) in [5.41, 5.74) is 3.71. The number of rotatable bonds is 10. The number of aryl methyl sites for hydroxylation is 1. The number of aromatic amines is 1. The SMILES string of the molecule is COc1ccc2[nH]cc(CCNC(=O)CCn3ccc(=O)c(OCc4ccccc4)c3C)c2c1. The second kappa shape index (κ2) is 10.7. The first kappa shape index (κ1) is 23.2. The first-order valence-corrected chi connectivity index (χ1v) is 11.3. The third-order valence-electron chi connectivity index (χ3n) is 5.89. The molecule has 2 heterocycles. The van der Waals surface area contributed by atoms with Gasteiger partial charge in [-0.15, -0.1) is 0 Å². The van der Waals surface area contributed by atoms with Crippen molar-refractivity contribution in [2.45, 2.75) is 32.9 Å². The normalized spacial score (nSPS) is 10.9. The molecule has 7 heteroatoms. The molecule has 34 heavy (non-hydrogen) atoms. The molecule has 0 fully saturated rings. The Morgan fingerprint density at radius 2 is 1.94 bits per heavy atom. The van der Waals surface area contributed by atoms with Crippen LogP contribution >= 0.6 is 0 Å². The number of ether oxygens (including phenoxy) is 2. The van der Waals surface area contributed by atoms with E-state index >= 15 is 0 Å². The molecule has 2 aromatic carbocycles. The van der Waals surface area contributed by atoms with E-state index in [-0.39, 0.29) is 11.3 Å². The van der Waals surface area contributed by atoms with E-state index in [2.05, 4.69) is 10.3 Å². The Kier molecular flexibility index (Phi) is 7.32. The lowest BCUT2D eigenvalue weighted by Crippen LogP contribution is -2.27. The lowest BCUT2D eigenvalue weighted by Gasteiger charge is -2.15. The van der Waals surface area contributed by atoms with Crippen LogP contribution in [0.25, 0.3) is 10.9 Å². The topological polar surface area (TPSA) is 85.4 Å². The van der Waals surface area contributed by atoms with Crippen LogP contribution in [-0.2, 0) is 24.4 Å². The molecule has 7 nitrogen and oxygen atoms in total. The van der Waals surface area contributed by atoms with Gasteiger partial charge in [0.2, 0.25) is 11.3 Å². The average Bonchev–Trinajstić information content (AvgIpc) is 3.26. The molecule has 0 saturated carbocycles. The molecular weight excluding hydrogens is 430 g/mol. The molecule has 4 aromatic rings. The van der Waals surface area contributed by atoms with Crippen LogP contribution in [0.3, 0.4) is 0 Å². The summed E-state index contributed by atoms with van der Waals surface area (Å²) in [7, 11) is 1.65. The molecule has 0 unspecified atom stereocenters. The van der Waals surface area contributed by atoms with Gasteiger partial charge in [0.05, 0.1) is 12.8 Å². The minimum Gasteiger partial charge on any atom is -0.497 e. The van der Waals surface area contributed by atoms with E-state index in [4.69, 9.17) is 9.47 Å². The zero-order valence-electron chi connectivity index (χ0n) is 19.5. The fourth-order valence-corrected chi connectivity index (χ4v) is 3.94. The van der Waals surface area contributed by atoms with Crippen LogP contribution in [0, 0.1) is 6.92 Å². The summed E-state index contributed by atoms with van der Waals surface area (Å²) in [5.74, 6) is 1.09. The molecule has 0 aliphatic carbocycles. The van der Waals surface area contributed by atoms with E-state index in [0.29, 0.717) is 44.0 Å². The van der Waals surface area contributed by atoms with Crippen molar-refractivity contribution < 1.29 is 14.3 Å². The fourth-order valence-electron chi connectivity index (χ4n) is 3.94. The summed E-state index contributed by atoms with van der Waals surface area (Å²) in [6.45, 7) is 3.16. The highest BCUT2D eigenvalue weighted by molar-refractivity contribution is 5.84. The number of methoxy groups -OCH3 is 1. The Morgan fingerprint density at radius 1 is 1.12 bits per heavy atom. The number of fused-ring (bicyclic) bond motifs is 1. The standard InChI is InChI=1S/C27H29N3O4/c1-19-27(34-18-20-6-4-3-5-7-20)25(31)11-14-30(19)15-12-26(32)28-13-10-21-17-29-24-9-8-22(33-2)16-23(21)24/h3-9,11,14,16-17,29H,10,12-13,15,18H2,1-2H3,(H,28,32). The first-order valence-electron chi connectivity index (χ1n) is 11.3. The maximum atomic E-state index is 12.4. The zero-order chi connectivity index (χ0) is 23.9. The van der Waals surface area contributed by atoms with Crippen molar-refractivity contribution in [1.29, 1.82) is 0 Å². The highest BCUT2D eigenvalue weighted by atomic mass is 16.5. The third kappa shape index (κ3) is 5.49. The fraction of sp³-hybridized carbons (Fsp3) is 0.259. The number of carbonyl (C=O) groups is 1. The van der Waals surface area contributed by atoms with E-state index in [0.717, 1.165) is 27.8 Å². The Morgan fingerprint density at radius 3 is 2.74 bits per heavy atom. The molecule has 176 valence electrons. The van der Waals surface area contributed by atoms with Gasteiger partial charge < -0.3 is 24.3 Å². The average molecular weight is 460 g/mol. The van der Waals surface area contributed by atoms with Crippen LogP contribution in [0.5, 0.6) is 11.5 Å². The number of aromatic nitrogens is 2. The van der Waals surface area contributed by atoms with Gasteiger partial charge in [-0.1, -0.05) is 30.3 Å². The van der Waals surface area contributed by atoms with Gasteiger partial charge >= 0.3 is 0 Å². The number of pyridine rings is 1. The number of amides is 1. The van der Waals surface area contributed by atoms with E-state index in [1.54, 1.807) is 13.3 Å². The molecule has 4 rings (SSSR count). The lowest BCUT2D eigenvalue weighted by molar-refractivity contribution is -0.121. The summed E-state index contributed by atoms with van der Waals surface area (Å²) in [4.78, 5) is 28.0. The van der Waals surface area contributed by atoms with Gasteiger partial charge in [-0.3, -0.25) is 9.59 Å². The largest absolute Gasteiger partial charge is 0.497 e. The number of carbonyl (C=O) groups excluding carboxylic acids is 1. The van der Waals surface area contributed by atoms with Gasteiger partial charge in [-0.05, 0) is 42.7 Å². The third-order valence-corrected chi connectivity index (χ3v) is 5.89. The molecular formula is C27H29N3O4. The molecule has 0 aliphatic rings. The van der Waals surface area contributed by atoms with Crippen molar-refractivity contribution in [3.8, 4) is 11.5 Å².